The molecule has 1 heterocycles. The molecule has 3 rings (SSSR count). The van der Waals surface area contributed by atoms with Crippen LogP contribution in [0.5, 0.6) is 5.75 Å². The van der Waals surface area contributed by atoms with Crippen molar-refractivity contribution in [2.45, 2.75) is 224 Å². The molecular formula is C77H123N23O21. The molecule has 16 amide bonds. The Bertz CT molecular complexity index is 3880. The maximum atomic E-state index is 15.1. The molecule has 672 valence electrons. The van der Waals surface area contributed by atoms with Gasteiger partial charge in [-0.3, -0.25) is 87.5 Å². The minimum atomic E-state index is -1.86. The number of phenolic OH excluding ortho intramolecular Hbond substituents is 1. The van der Waals surface area contributed by atoms with Crippen LogP contribution in [0.25, 0.3) is 0 Å². The predicted molar refractivity (Wildman–Crippen MR) is 438 cm³/mol. The number of hydrogen-bond donors (Lipinski definition) is 27. The zero-order valence-electron chi connectivity index (χ0n) is 69.4. The van der Waals surface area contributed by atoms with Crippen LogP contribution >= 0.6 is 0 Å². The Morgan fingerprint density at radius 1 is 0.537 bits per heavy atom. The van der Waals surface area contributed by atoms with E-state index >= 15 is 9.59 Å². The number of rotatable bonds is 40. The van der Waals surface area contributed by atoms with Crippen LogP contribution in [0.4, 0.5) is 0 Å². The van der Waals surface area contributed by atoms with E-state index in [-0.39, 0.29) is 89.0 Å². The van der Waals surface area contributed by atoms with Crippen LogP contribution in [0.1, 0.15) is 144 Å². The van der Waals surface area contributed by atoms with E-state index in [0.717, 1.165) is 0 Å². The van der Waals surface area contributed by atoms with Gasteiger partial charge in [0.05, 0.1) is 38.9 Å². The molecule has 0 aromatic heterocycles. The topological polar surface area (TPSA) is 727 Å². The van der Waals surface area contributed by atoms with Crippen LogP contribution in [-0.2, 0) is 94.3 Å². The van der Waals surface area contributed by atoms with Crippen molar-refractivity contribution in [1.29, 1.82) is 10.8 Å². The first-order valence-electron chi connectivity index (χ1n) is 40.0. The highest BCUT2D eigenvalue weighted by molar-refractivity contribution is 6.00. The third-order valence-electron chi connectivity index (χ3n) is 19.3. The summed E-state index contributed by atoms with van der Waals surface area (Å²) in [6.07, 6.45) is -2.85. The number of nitrogens with one attached hydrogen (secondary N) is 19. The molecule has 1 fully saturated rings. The number of carboxylic acids is 1. The van der Waals surface area contributed by atoms with Gasteiger partial charge in [-0.2, -0.15) is 0 Å². The number of carbonyl (C=O) groups excluding carboxylic acids is 16. The summed E-state index contributed by atoms with van der Waals surface area (Å²) in [6, 6.07) is -6.39. The maximum absolute atomic E-state index is 15.1. The summed E-state index contributed by atoms with van der Waals surface area (Å²) < 4.78 is 0. The lowest BCUT2D eigenvalue weighted by atomic mass is 9.95. The standard InChI is InChI=1S/C77H123N23O21/c1-9-42(8)62(100-68(113)50(22-16-30-85-77(82)83)94-69(114)52(31-39(2)3)96-63(108)46(78)32-44-23-25-45(103)26-24-44)74(119)99-61(41(6)7)73(118)95-51(27-28-56(79)104)67(112)92-48-20-14-13-19-47(64(109)87-36-59(107)89-53(75(120)121)33-43-17-11-10-12-18-43)91-70(115)54(37-101)90-58(106)35-86-57(105)34-88-72(117)60(40(4)5)98-71(116)55(38-102)97-66(111)49(93-65(48)110)21-15-29-84-76(80)81/h10-12,17-18,23-26,39-42,46-55,60-62,101-103H,9,13-16,19-22,27-38,78H2,1-8H3,(H2,79,104)(H,86,105)(H,87,109)(H,88,117)(H,89,107)(H,90,106)(H,91,115)(H,92,112)(H,93,110)(H,94,114)(H,95,118)(H,96,108)(H,97,111)(H,98,116)(H,99,119)(H,100,113)(H,120,121)(H4,80,81,84)(H4,82,83,85)/t42?,46-,47-,48+,49+,50+,51+,52+,53-,54?,55+,60+,61+,62+/m0/s1. The quantitative estimate of drug-likeness (QED) is 0.0167. The molecule has 44 heteroatoms. The molecule has 14 atom stereocenters. The Kier molecular flexibility index (Phi) is 45.3. The second kappa shape index (κ2) is 53.2. The number of amides is 16. The van der Waals surface area contributed by atoms with Crippen molar-refractivity contribution in [3.8, 4) is 5.75 Å². The molecule has 0 spiro atoms. The third kappa shape index (κ3) is 38.5. The van der Waals surface area contributed by atoms with E-state index in [0.29, 0.717) is 11.1 Å². The maximum Gasteiger partial charge on any atom is 0.326 e. The van der Waals surface area contributed by atoms with Crippen molar-refractivity contribution < 1.29 is 102 Å². The number of carboxylic acid groups (broad SMARTS) is 1. The van der Waals surface area contributed by atoms with Crippen LogP contribution in [0, 0.1) is 34.5 Å². The largest absolute Gasteiger partial charge is 0.508 e. The number of nitrogens with two attached hydrogens (primary N) is 4. The number of carbonyl (C=O) groups is 17. The summed E-state index contributed by atoms with van der Waals surface area (Å²) >= 11 is 0. The number of aliphatic hydroxyl groups is 2. The average molecular weight is 1710 g/mol. The highest BCUT2D eigenvalue weighted by Gasteiger charge is 2.39. The summed E-state index contributed by atoms with van der Waals surface area (Å²) in [5, 5.41) is 97.9. The van der Waals surface area contributed by atoms with Gasteiger partial charge in [-0.25, -0.2) is 4.79 Å². The van der Waals surface area contributed by atoms with E-state index in [4.69, 9.17) is 33.8 Å². The predicted octanol–water partition coefficient (Wildman–Crippen LogP) is -7.49. The van der Waals surface area contributed by atoms with Crippen LogP contribution in [0.15, 0.2) is 54.6 Å². The summed E-state index contributed by atoms with van der Waals surface area (Å²) in [6.45, 7) is 8.11. The van der Waals surface area contributed by atoms with E-state index in [1.165, 1.54) is 39.8 Å². The summed E-state index contributed by atoms with van der Waals surface area (Å²) in [5.74, 6) is -21.2. The summed E-state index contributed by atoms with van der Waals surface area (Å²) in [5.41, 5.74) is 24.1. The molecular weight excluding hydrogens is 1580 g/mol. The van der Waals surface area contributed by atoms with Gasteiger partial charge < -0.3 is 134 Å². The smallest absolute Gasteiger partial charge is 0.326 e. The zero-order chi connectivity index (χ0) is 90.8. The first-order valence-corrected chi connectivity index (χ1v) is 40.0. The Hall–Kier alpha value is -12.3. The molecule has 0 saturated carbocycles. The van der Waals surface area contributed by atoms with Crippen LogP contribution in [-0.4, -0.2) is 257 Å². The molecule has 1 saturated heterocycles. The van der Waals surface area contributed by atoms with Crippen molar-refractivity contribution in [1.82, 2.24) is 90.4 Å². The van der Waals surface area contributed by atoms with E-state index in [1.54, 1.807) is 70.2 Å². The van der Waals surface area contributed by atoms with Crippen LogP contribution in [0.2, 0.25) is 0 Å². The van der Waals surface area contributed by atoms with Crippen molar-refractivity contribution in [3.63, 3.8) is 0 Å². The summed E-state index contributed by atoms with van der Waals surface area (Å²) in [4.78, 5) is 237. The fraction of sp³-hybridized carbons (Fsp3) is 0.597. The van der Waals surface area contributed by atoms with E-state index in [9.17, 15) is 92.3 Å². The van der Waals surface area contributed by atoms with Crippen molar-refractivity contribution in [2.75, 3.05) is 45.9 Å². The molecule has 2 aromatic rings. The number of hydrogen-bond acceptors (Lipinski definition) is 23. The molecule has 31 N–H and O–H groups in total. The molecule has 0 radical (unpaired) electrons. The van der Waals surface area contributed by atoms with Gasteiger partial charge in [-0.1, -0.05) is 117 Å². The number of aliphatic carboxylic acids is 1. The van der Waals surface area contributed by atoms with Crippen molar-refractivity contribution in [2.24, 2.45) is 46.6 Å². The van der Waals surface area contributed by atoms with E-state index < -0.39 is 267 Å². The molecule has 0 aliphatic carbocycles. The second-order valence-corrected chi connectivity index (χ2v) is 30.5. The van der Waals surface area contributed by atoms with Gasteiger partial charge in [0, 0.05) is 25.9 Å². The number of guanidine groups is 2. The van der Waals surface area contributed by atoms with Gasteiger partial charge in [-0.05, 0) is 105 Å². The first kappa shape index (κ1) is 103. The second-order valence-electron chi connectivity index (χ2n) is 30.5. The summed E-state index contributed by atoms with van der Waals surface area (Å²) in [7, 11) is 0. The number of primary amides is 1. The molecule has 0 bridgehead atoms. The Labute approximate surface area is 700 Å². The highest BCUT2D eigenvalue weighted by Crippen LogP contribution is 2.18. The molecule has 44 nitrogen and oxygen atoms in total. The van der Waals surface area contributed by atoms with Gasteiger partial charge in [0.1, 0.15) is 78.3 Å². The Balaban J connectivity index is 2.17. The van der Waals surface area contributed by atoms with Gasteiger partial charge in [0.25, 0.3) is 0 Å². The number of aromatic hydroxyl groups is 1. The minimum absolute atomic E-state index is 0.00982. The lowest BCUT2D eigenvalue weighted by Crippen LogP contribution is -2.62. The molecule has 2 aromatic carbocycles. The lowest BCUT2D eigenvalue weighted by Gasteiger charge is -2.31. The molecule has 1 aliphatic heterocycles. The Morgan fingerprint density at radius 3 is 1.66 bits per heavy atom. The fourth-order valence-electron chi connectivity index (χ4n) is 12.2. The first-order chi connectivity index (χ1) is 57.1. The third-order valence-corrected chi connectivity index (χ3v) is 19.3. The molecule has 2 unspecified atom stereocenters. The van der Waals surface area contributed by atoms with Gasteiger partial charge in [0.15, 0.2) is 11.9 Å². The number of benzene rings is 2. The average Bonchev–Trinajstić information content (AvgIpc) is 0.845. The van der Waals surface area contributed by atoms with Crippen LogP contribution < -0.4 is 113 Å². The van der Waals surface area contributed by atoms with Gasteiger partial charge >= 0.3 is 5.97 Å². The van der Waals surface area contributed by atoms with Crippen molar-refractivity contribution >= 4 is 112 Å². The normalized spacial score (nSPS) is 19.4. The van der Waals surface area contributed by atoms with E-state index in [1.807, 2.05) is 0 Å². The fourth-order valence-corrected chi connectivity index (χ4v) is 12.2. The van der Waals surface area contributed by atoms with Gasteiger partial charge in [-0.15, -0.1) is 0 Å². The molecule has 121 heavy (non-hydrogen) atoms. The zero-order valence-corrected chi connectivity index (χ0v) is 69.4. The van der Waals surface area contributed by atoms with Gasteiger partial charge in [0.2, 0.25) is 94.5 Å². The SMILES string of the molecule is CCC(C)[C@@H](NC(=O)[C@@H](CCCNC(=N)N)NC(=O)[C@@H](CC(C)C)NC(=O)[C@@H](N)Cc1ccc(O)cc1)C(=O)N[C@@H](C(=O)N[C@H](CCC(N)=O)C(=O)N[C@@H]1CCCC[C@@H](C(=O)NCC(=O)N[C@@H](Cc2ccccc2)C(=O)O)NC(=O)C(CO)NC(=O)CNC(=O)CNC(=O)[C@@H](C(C)C)NC(=O)[C@@H](CO)NC(=O)[C@@H](CCCNC(=N)N)NC1=O)C(C)C. The van der Waals surface area contributed by atoms with Crippen molar-refractivity contribution in [3.05, 3.63) is 65.7 Å². The number of phenols is 1. The van der Waals surface area contributed by atoms with Crippen LogP contribution in [0.3, 0.4) is 0 Å². The number of aliphatic hydroxyl groups excluding tert-OH is 2. The van der Waals surface area contributed by atoms with E-state index in [2.05, 4.69) is 90.4 Å². The minimum Gasteiger partial charge on any atom is -0.508 e. The lowest BCUT2D eigenvalue weighted by molar-refractivity contribution is -0.141. The molecule has 1 aliphatic rings. The Morgan fingerprint density at radius 2 is 1.07 bits per heavy atom. The monoisotopic (exact) mass is 1710 g/mol. The highest BCUT2D eigenvalue weighted by atomic mass is 16.4.